The largest absolute Gasteiger partial charge is 0.481 e. The number of carboxylic acid groups (broad SMARTS) is 1. The molecular weight excluding hydrogens is 256 g/mol. The van der Waals surface area contributed by atoms with Crippen LogP contribution in [0.4, 0.5) is 5.95 Å². The van der Waals surface area contributed by atoms with Gasteiger partial charge in [-0.1, -0.05) is 11.8 Å². The highest BCUT2D eigenvalue weighted by Crippen LogP contribution is 2.17. The molecule has 0 saturated carbocycles. The Morgan fingerprint density at radius 2 is 2.28 bits per heavy atom. The van der Waals surface area contributed by atoms with Gasteiger partial charge in [0.25, 0.3) is 0 Å². The van der Waals surface area contributed by atoms with Crippen LogP contribution in [-0.4, -0.2) is 41.1 Å². The average Bonchev–Trinajstić information content (AvgIpc) is 2.94. The molecule has 0 spiro atoms. The second-order valence-electron chi connectivity index (χ2n) is 3.48. The van der Waals surface area contributed by atoms with Gasteiger partial charge in [-0.3, -0.25) is 9.36 Å². The standard InChI is InChI=1S/C9H12N6O2S/c10-8-12-13-9(18-5-7(16)17)15(8)4-3-14-2-1-11-6-14/h1-2,6H,3-5H2,(H2,10,12)(H,16,17). The molecule has 0 aliphatic heterocycles. The number of nitrogen functional groups attached to an aromatic ring is 1. The summed E-state index contributed by atoms with van der Waals surface area (Å²) in [5, 5.41) is 16.7. The number of nitrogens with zero attached hydrogens (tertiary/aromatic N) is 5. The number of aromatic nitrogens is 5. The molecule has 9 heteroatoms. The third-order valence-electron chi connectivity index (χ3n) is 2.21. The van der Waals surface area contributed by atoms with E-state index in [0.717, 1.165) is 11.8 Å². The van der Waals surface area contributed by atoms with Crippen molar-refractivity contribution >= 4 is 23.7 Å². The molecule has 0 fully saturated rings. The second-order valence-corrected chi connectivity index (χ2v) is 4.42. The highest BCUT2D eigenvalue weighted by molar-refractivity contribution is 7.99. The molecule has 2 rings (SSSR count). The van der Waals surface area contributed by atoms with E-state index in [0.29, 0.717) is 18.2 Å². The molecular formula is C9H12N6O2S. The van der Waals surface area contributed by atoms with Crippen molar-refractivity contribution in [3.8, 4) is 0 Å². The SMILES string of the molecule is Nc1nnc(SCC(=O)O)n1CCn1ccnc1. The van der Waals surface area contributed by atoms with Crippen LogP contribution in [0.1, 0.15) is 0 Å². The van der Waals surface area contributed by atoms with E-state index in [-0.39, 0.29) is 11.7 Å². The summed E-state index contributed by atoms with van der Waals surface area (Å²) in [4.78, 5) is 14.4. The zero-order valence-electron chi connectivity index (χ0n) is 9.43. The Bertz CT molecular complexity index is 523. The van der Waals surface area contributed by atoms with Crippen molar-refractivity contribution in [1.29, 1.82) is 0 Å². The van der Waals surface area contributed by atoms with E-state index in [4.69, 9.17) is 10.8 Å². The zero-order valence-corrected chi connectivity index (χ0v) is 10.2. The van der Waals surface area contributed by atoms with E-state index in [1.54, 1.807) is 17.1 Å². The maximum absolute atomic E-state index is 10.5. The number of aryl methyl sites for hydroxylation is 1. The first-order valence-electron chi connectivity index (χ1n) is 5.16. The lowest BCUT2D eigenvalue weighted by molar-refractivity contribution is -0.133. The van der Waals surface area contributed by atoms with Crippen LogP contribution < -0.4 is 5.73 Å². The number of aliphatic carboxylic acids is 1. The Hall–Kier alpha value is -2.03. The smallest absolute Gasteiger partial charge is 0.313 e. The van der Waals surface area contributed by atoms with Gasteiger partial charge in [-0.15, -0.1) is 10.2 Å². The predicted octanol–water partition coefficient (Wildman–Crippen LogP) is -0.0663. The molecule has 96 valence electrons. The van der Waals surface area contributed by atoms with Crippen molar-refractivity contribution in [2.24, 2.45) is 0 Å². The summed E-state index contributed by atoms with van der Waals surface area (Å²) in [5.41, 5.74) is 5.69. The van der Waals surface area contributed by atoms with Crippen molar-refractivity contribution in [2.75, 3.05) is 11.5 Å². The number of carboxylic acids is 1. The molecule has 2 heterocycles. The molecule has 0 amide bonds. The molecule has 18 heavy (non-hydrogen) atoms. The normalized spacial score (nSPS) is 10.7. The fraction of sp³-hybridized carbons (Fsp3) is 0.333. The number of carbonyl (C=O) groups is 1. The average molecular weight is 268 g/mol. The van der Waals surface area contributed by atoms with Gasteiger partial charge in [-0.05, 0) is 0 Å². The first-order valence-corrected chi connectivity index (χ1v) is 6.14. The topological polar surface area (TPSA) is 112 Å². The minimum Gasteiger partial charge on any atom is -0.481 e. The van der Waals surface area contributed by atoms with Crippen LogP contribution in [0.5, 0.6) is 0 Å². The molecule has 0 bridgehead atoms. The van der Waals surface area contributed by atoms with Crippen molar-refractivity contribution < 1.29 is 9.90 Å². The van der Waals surface area contributed by atoms with E-state index in [2.05, 4.69) is 15.2 Å². The Morgan fingerprint density at radius 1 is 1.44 bits per heavy atom. The van der Waals surface area contributed by atoms with Crippen LogP contribution in [0, 0.1) is 0 Å². The quantitative estimate of drug-likeness (QED) is 0.705. The van der Waals surface area contributed by atoms with Crippen molar-refractivity contribution in [3.05, 3.63) is 18.7 Å². The van der Waals surface area contributed by atoms with Gasteiger partial charge in [-0.2, -0.15) is 0 Å². The number of nitrogens with two attached hydrogens (primary N) is 1. The number of anilines is 1. The highest BCUT2D eigenvalue weighted by Gasteiger charge is 2.11. The maximum Gasteiger partial charge on any atom is 0.313 e. The third kappa shape index (κ3) is 3.00. The minimum atomic E-state index is -0.900. The Balaban J connectivity index is 2.02. The lowest BCUT2D eigenvalue weighted by Crippen LogP contribution is -2.10. The second kappa shape index (κ2) is 5.54. The maximum atomic E-state index is 10.5. The summed E-state index contributed by atoms with van der Waals surface area (Å²) in [6.07, 6.45) is 5.23. The van der Waals surface area contributed by atoms with Gasteiger partial charge < -0.3 is 15.4 Å². The van der Waals surface area contributed by atoms with Crippen LogP contribution in [-0.2, 0) is 17.9 Å². The molecule has 0 aliphatic carbocycles. The van der Waals surface area contributed by atoms with Gasteiger partial charge in [0.1, 0.15) is 0 Å². The Morgan fingerprint density at radius 3 is 2.94 bits per heavy atom. The molecule has 0 aliphatic rings. The lowest BCUT2D eigenvalue weighted by Gasteiger charge is -2.07. The summed E-state index contributed by atoms with van der Waals surface area (Å²) in [5.74, 6) is -0.686. The molecule has 0 unspecified atom stereocenters. The van der Waals surface area contributed by atoms with Crippen molar-refractivity contribution in [3.63, 3.8) is 0 Å². The van der Waals surface area contributed by atoms with Gasteiger partial charge in [0.15, 0.2) is 5.16 Å². The fourth-order valence-electron chi connectivity index (χ4n) is 1.38. The number of rotatable bonds is 6. The minimum absolute atomic E-state index is 0.0663. The van der Waals surface area contributed by atoms with E-state index < -0.39 is 5.97 Å². The highest BCUT2D eigenvalue weighted by atomic mass is 32.2. The summed E-state index contributed by atoms with van der Waals surface area (Å²) < 4.78 is 3.58. The lowest BCUT2D eigenvalue weighted by atomic mass is 10.6. The summed E-state index contributed by atoms with van der Waals surface area (Å²) in [6, 6.07) is 0. The molecule has 0 saturated heterocycles. The summed E-state index contributed by atoms with van der Waals surface area (Å²) in [7, 11) is 0. The van der Waals surface area contributed by atoms with Gasteiger partial charge in [0.2, 0.25) is 5.95 Å². The van der Waals surface area contributed by atoms with Gasteiger partial charge in [-0.25, -0.2) is 4.98 Å². The van der Waals surface area contributed by atoms with Crippen molar-refractivity contribution in [2.45, 2.75) is 18.2 Å². The molecule has 3 N–H and O–H groups in total. The monoisotopic (exact) mass is 268 g/mol. The van der Waals surface area contributed by atoms with Crippen LogP contribution in [0.2, 0.25) is 0 Å². The number of thioether (sulfide) groups is 1. The Labute approximate surface area is 107 Å². The zero-order chi connectivity index (χ0) is 13.0. The predicted molar refractivity (Wildman–Crippen MR) is 65.0 cm³/mol. The van der Waals surface area contributed by atoms with E-state index in [9.17, 15) is 4.79 Å². The fourth-order valence-corrected chi connectivity index (χ4v) is 2.07. The van der Waals surface area contributed by atoms with Crippen LogP contribution in [0.15, 0.2) is 23.9 Å². The first kappa shape index (κ1) is 12.4. The molecule has 0 radical (unpaired) electrons. The number of hydrogen-bond acceptors (Lipinski definition) is 6. The van der Waals surface area contributed by atoms with E-state index in [1.165, 1.54) is 0 Å². The van der Waals surface area contributed by atoms with Crippen LogP contribution >= 0.6 is 11.8 Å². The van der Waals surface area contributed by atoms with Crippen molar-refractivity contribution in [1.82, 2.24) is 24.3 Å². The van der Waals surface area contributed by atoms with E-state index in [1.807, 2.05) is 10.8 Å². The van der Waals surface area contributed by atoms with Crippen LogP contribution in [0.25, 0.3) is 0 Å². The molecule has 0 atom stereocenters. The van der Waals surface area contributed by atoms with Gasteiger partial charge in [0.05, 0.1) is 12.1 Å². The molecule has 8 nitrogen and oxygen atoms in total. The number of hydrogen-bond donors (Lipinski definition) is 2. The third-order valence-corrected chi connectivity index (χ3v) is 3.16. The van der Waals surface area contributed by atoms with Gasteiger partial charge in [0, 0.05) is 25.5 Å². The summed E-state index contributed by atoms with van der Waals surface area (Å²) in [6.45, 7) is 1.24. The first-order chi connectivity index (χ1) is 8.66. The van der Waals surface area contributed by atoms with Gasteiger partial charge >= 0.3 is 5.97 Å². The summed E-state index contributed by atoms with van der Waals surface area (Å²) >= 11 is 1.10. The molecule has 0 aromatic carbocycles. The van der Waals surface area contributed by atoms with E-state index >= 15 is 0 Å². The molecule has 2 aromatic heterocycles. The van der Waals surface area contributed by atoms with Crippen LogP contribution in [0.3, 0.4) is 0 Å². The molecule has 2 aromatic rings. The Kier molecular flexibility index (Phi) is 3.82. The number of imidazole rings is 1.